The van der Waals surface area contributed by atoms with E-state index in [1.807, 2.05) is 26.8 Å². The highest BCUT2D eigenvalue weighted by atomic mass is 16.5. The highest BCUT2D eigenvalue weighted by molar-refractivity contribution is 5.83. The molecule has 0 aliphatic heterocycles. The molecule has 0 aliphatic carbocycles. The topological polar surface area (TPSA) is 47.6 Å². The number of benzene rings is 1. The second-order valence-corrected chi connectivity index (χ2v) is 3.34. The van der Waals surface area contributed by atoms with Crippen molar-refractivity contribution in [3.05, 3.63) is 28.3 Å². The number of ether oxygens (including phenoxy) is 1. The van der Waals surface area contributed by atoms with Gasteiger partial charge in [0, 0.05) is 0 Å². The van der Waals surface area contributed by atoms with Crippen molar-refractivity contribution < 1.29 is 4.74 Å². The number of rotatable bonds is 2. The second-order valence-electron chi connectivity index (χ2n) is 3.34. The molecule has 0 amide bonds. The van der Waals surface area contributed by atoms with E-state index < -0.39 is 0 Å². The number of nitrogens with two attached hydrogens (primary N) is 1. The Labute approximate surface area is 84.6 Å². The first-order valence-electron chi connectivity index (χ1n) is 4.49. The maximum atomic E-state index is 5.31. The predicted octanol–water partition coefficient (Wildman–Crippen LogP) is 1.91. The molecule has 3 heteroatoms. The van der Waals surface area contributed by atoms with Crippen LogP contribution in [0.1, 0.15) is 22.3 Å². The average molecular weight is 192 g/mol. The van der Waals surface area contributed by atoms with Crippen molar-refractivity contribution in [2.45, 2.75) is 20.8 Å². The minimum absolute atomic E-state index is 0.941. The fourth-order valence-electron chi connectivity index (χ4n) is 1.62. The summed E-state index contributed by atoms with van der Waals surface area (Å²) in [6, 6.07) is 2.03. The van der Waals surface area contributed by atoms with Gasteiger partial charge in [0.2, 0.25) is 0 Å². The molecule has 0 heterocycles. The molecule has 3 nitrogen and oxygen atoms in total. The van der Waals surface area contributed by atoms with Crippen LogP contribution in [0.5, 0.6) is 5.75 Å². The summed E-state index contributed by atoms with van der Waals surface area (Å²) in [6.07, 6.45) is 1.66. The predicted molar refractivity (Wildman–Crippen MR) is 59.0 cm³/mol. The molecule has 0 aliphatic rings. The molecule has 0 spiro atoms. The Bertz CT molecular complexity index is 370. The third kappa shape index (κ3) is 1.71. The third-order valence-electron chi connectivity index (χ3n) is 2.48. The van der Waals surface area contributed by atoms with Crippen LogP contribution in [-0.4, -0.2) is 13.3 Å². The molecule has 0 bridgehead atoms. The van der Waals surface area contributed by atoms with E-state index in [-0.39, 0.29) is 0 Å². The molecule has 76 valence electrons. The van der Waals surface area contributed by atoms with Gasteiger partial charge in [-0.1, -0.05) is 0 Å². The SMILES string of the molecule is COc1c(C)cc(C=NN)c(C)c1C. The summed E-state index contributed by atoms with van der Waals surface area (Å²) in [5.41, 5.74) is 4.44. The molecule has 0 atom stereocenters. The Morgan fingerprint density at radius 3 is 2.43 bits per heavy atom. The molecular weight excluding hydrogens is 176 g/mol. The van der Waals surface area contributed by atoms with Gasteiger partial charge in [0.15, 0.2) is 0 Å². The minimum atomic E-state index is 0.941. The number of hydrazone groups is 1. The summed E-state index contributed by atoms with van der Waals surface area (Å²) in [7, 11) is 1.69. The Kier molecular flexibility index (Phi) is 3.12. The summed E-state index contributed by atoms with van der Waals surface area (Å²) >= 11 is 0. The van der Waals surface area contributed by atoms with Gasteiger partial charge in [-0.2, -0.15) is 5.10 Å². The molecule has 0 unspecified atom stereocenters. The second kappa shape index (κ2) is 4.13. The molecule has 0 saturated heterocycles. The third-order valence-corrected chi connectivity index (χ3v) is 2.48. The number of hydrogen-bond acceptors (Lipinski definition) is 3. The van der Waals surface area contributed by atoms with Gasteiger partial charge in [0.05, 0.1) is 13.3 Å². The number of hydrogen-bond donors (Lipinski definition) is 1. The highest BCUT2D eigenvalue weighted by Gasteiger charge is 2.08. The highest BCUT2D eigenvalue weighted by Crippen LogP contribution is 2.27. The van der Waals surface area contributed by atoms with Gasteiger partial charge >= 0.3 is 0 Å². The van der Waals surface area contributed by atoms with Gasteiger partial charge in [-0.05, 0) is 49.1 Å². The lowest BCUT2D eigenvalue weighted by Crippen LogP contribution is -1.99. The Hall–Kier alpha value is -1.51. The molecule has 0 fully saturated rings. The van der Waals surface area contributed by atoms with E-state index >= 15 is 0 Å². The van der Waals surface area contributed by atoms with Crippen LogP contribution in [0, 0.1) is 20.8 Å². The molecule has 0 aromatic heterocycles. The standard InChI is InChI=1S/C11H16N2O/c1-7-5-10(6-13-12)8(2)9(3)11(7)14-4/h5-6H,12H2,1-4H3. The summed E-state index contributed by atoms with van der Waals surface area (Å²) in [5, 5.41) is 3.54. The van der Waals surface area contributed by atoms with Gasteiger partial charge in [-0.15, -0.1) is 0 Å². The van der Waals surface area contributed by atoms with Gasteiger partial charge in [-0.3, -0.25) is 0 Å². The summed E-state index contributed by atoms with van der Waals surface area (Å²) < 4.78 is 5.31. The van der Waals surface area contributed by atoms with Crippen molar-refractivity contribution >= 4 is 6.21 Å². The van der Waals surface area contributed by atoms with Crippen LogP contribution in [0.4, 0.5) is 0 Å². The molecule has 1 aromatic carbocycles. The Morgan fingerprint density at radius 1 is 1.29 bits per heavy atom. The van der Waals surface area contributed by atoms with Gasteiger partial charge < -0.3 is 10.6 Å². The summed E-state index contributed by atoms with van der Waals surface area (Å²) in [5.74, 6) is 6.08. The maximum Gasteiger partial charge on any atom is 0.124 e. The molecule has 1 aromatic rings. The zero-order valence-corrected chi connectivity index (χ0v) is 9.09. The van der Waals surface area contributed by atoms with E-state index in [9.17, 15) is 0 Å². The van der Waals surface area contributed by atoms with Crippen molar-refractivity contribution in [3.8, 4) is 5.75 Å². The van der Waals surface area contributed by atoms with E-state index in [2.05, 4.69) is 5.10 Å². The van der Waals surface area contributed by atoms with Crippen LogP contribution in [0.2, 0.25) is 0 Å². The molecule has 2 N–H and O–H groups in total. The van der Waals surface area contributed by atoms with Crippen LogP contribution < -0.4 is 10.6 Å². The number of methoxy groups -OCH3 is 1. The summed E-state index contributed by atoms with van der Waals surface area (Å²) in [4.78, 5) is 0. The van der Waals surface area contributed by atoms with E-state index in [0.29, 0.717) is 0 Å². The van der Waals surface area contributed by atoms with Gasteiger partial charge in [0.1, 0.15) is 5.75 Å². The Balaban J connectivity index is 3.39. The number of nitrogens with zero attached hydrogens (tertiary/aromatic N) is 1. The van der Waals surface area contributed by atoms with Crippen LogP contribution in [0.15, 0.2) is 11.2 Å². The largest absolute Gasteiger partial charge is 0.496 e. The van der Waals surface area contributed by atoms with Crippen molar-refractivity contribution in [2.75, 3.05) is 7.11 Å². The van der Waals surface area contributed by atoms with Crippen LogP contribution >= 0.6 is 0 Å². The fraction of sp³-hybridized carbons (Fsp3) is 0.364. The summed E-state index contributed by atoms with van der Waals surface area (Å²) in [6.45, 7) is 6.09. The first-order valence-corrected chi connectivity index (χ1v) is 4.49. The normalized spacial score (nSPS) is 10.9. The quantitative estimate of drug-likeness (QED) is 0.442. The van der Waals surface area contributed by atoms with Crippen molar-refractivity contribution in [1.82, 2.24) is 0 Å². The molecule has 0 saturated carbocycles. The van der Waals surface area contributed by atoms with Crippen molar-refractivity contribution in [2.24, 2.45) is 10.9 Å². The zero-order valence-electron chi connectivity index (χ0n) is 9.09. The van der Waals surface area contributed by atoms with Crippen molar-refractivity contribution in [3.63, 3.8) is 0 Å². The Morgan fingerprint density at radius 2 is 1.93 bits per heavy atom. The molecule has 0 radical (unpaired) electrons. The lowest BCUT2D eigenvalue weighted by atomic mass is 9.99. The molecule has 1 rings (SSSR count). The fourth-order valence-corrected chi connectivity index (χ4v) is 1.62. The van der Waals surface area contributed by atoms with E-state index in [1.54, 1.807) is 13.3 Å². The van der Waals surface area contributed by atoms with Crippen LogP contribution in [0.25, 0.3) is 0 Å². The first-order chi connectivity index (χ1) is 6.61. The first kappa shape index (κ1) is 10.6. The van der Waals surface area contributed by atoms with E-state index in [1.165, 1.54) is 0 Å². The molecule has 14 heavy (non-hydrogen) atoms. The van der Waals surface area contributed by atoms with Gasteiger partial charge in [-0.25, -0.2) is 0 Å². The van der Waals surface area contributed by atoms with Crippen LogP contribution in [0.3, 0.4) is 0 Å². The minimum Gasteiger partial charge on any atom is -0.496 e. The van der Waals surface area contributed by atoms with Gasteiger partial charge in [0.25, 0.3) is 0 Å². The lowest BCUT2D eigenvalue weighted by Gasteiger charge is -2.13. The smallest absolute Gasteiger partial charge is 0.124 e. The maximum absolute atomic E-state index is 5.31. The van der Waals surface area contributed by atoms with Crippen molar-refractivity contribution in [1.29, 1.82) is 0 Å². The van der Waals surface area contributed by atoms with E-state index in [0.717, 1.165) is 28.0 Å². The van der Waals surface area contributed by atoms with Crippen LogP contribution in [-0.2, 0) is 0 Å². The molecular formula is C11H16N2O. The number of aryl methyl sites for hydroxylation is 1. The zero-order chi connectivity index (χ0) is 10.7. The monoisotopic (exact) mass is 192 g/mol. The van der Waals surface area contributed by atoms with E-state index in [4.69, 9.17) is 10.6 Å². The average Bonchev–Trinajstić information content (AvgIpc) is 2.15. The lowest BCUT2D eigenvalue weighted by molar-refractivity contribution is 0.408.